The van der Waals surface area contributed by atoms with E-state index in [1.165, 1.54) is 41.6 Å². The van der Waals surface area contributed by atoms with Crippen molar-refractivity contribution in [1.29, 1.82) is 0 Å². The van der Waals surface area contributed by atoms with Crippen molar-refractivity contribution in [2.24, 2.45) is 0 Å². The number of thiophene rings is 1. The molecule has 1 fully saturated rings. The zero-order valence-corrected chi connectivity index (χ0v) is 11.4. The van der Waals surface area contributed by atoms with Gasteiger partial charge in [-0.2, -0.15) is 0 Å². The molecule has 0 atom stereocenters. The van der Waals surface area contributed by atoms with Crippen molar-refractivity contribution in [2.45, 2.75) is 25.7 Å². The van der Waals surface area contributed by atoms with E-state index in [1.807, 2.05) is 11.3 Å². The summed E-state index contributed by atoms with van der Waals surface area (Å²) in [6, 6.07) is 6.85. The molecule has 0 saturated carbocycles. The second-order valence-electron chi connectivity index (χ2n) is 5.27. The molecule has 2 heterocycles. The third kappa shape index (κ3) is 2.12. The van der Waals surface area contributed by atoms with Crippen molar-refractivity contribution in [3.8, 4) is 0 Å². The Bertz CT molecular complexity index is 521. The van der Waals surface area contributed by atoms with Crippen molar-refractivity contribution < 1.29 is 0 Å². The number of nitrogens with zero attached hydrogens (tertiary/aromatic N) is 1. The van der Waals surface area contributed by atoms with E-state index in [9.17, 15) is 0 Å². The number of rotatable bonds is 1. The van der Waals surface area contributed by atoms with E-state index in [4.69, 9.17) is 0 Å². The fourth-order valence-electron chi connectivity index (χ4n) is 2.80. The molecule has 0 N–H and O–H groups in total. The molecule has 1 aliphatic heterocycles. The fourth-order valence-corrected chi connectivity index (χ4v) is 3.82. The molecule has 0 unspecified atom stereocenters. The highest BCUT2D eigenvalue weighted by atomic mass is 32.1. The van der Waals surface area contributed by atoms with Crippen molar-refractivity contribution in [2.75, 3.05) is 20.1 Å². The molecule has 1 aromatic carbocycles. The molecular formula is C15H19NS. The first-order valence-corrected chi connectivity index (χ1v) is 7.28. The molecule has 0 amide bonds. The highest BCUT2D eigenvalue weighted by molar-refractivity contribution is 7.17. The number of likely N-dealkylation sites (tertiary alicyclic amines) is 1. The van der Waals surface area contributed by atoms with Gasteiger partial charge in [0, 0.05) is 4.70 Å². The summed E-state index contributed by atoms with van der Waals surface area (Å²) < 4.78 is 1.45. The lowest BCUT2D eigenvalue weighted by molar-refractivity contribution is 0.256. The minimum atomic E-state index is 0.779. The summed E-state index contributed by atoms with van der Waals surface area (Å²) in [5.74, 6) is 0.779. The second kappa shape index (κ2) is 4.43. The van der Waals surface area contributed by atoms with Crippen LogP contribution >= 0.6 is 11.3 Å². The zero-order valence-electron chi connectivity index (χ0n) is 10.6. The molecular weight excluding hydrogens is 226 g/mol. The molecule has 0 spiro atoms. The van der Waals surface area contributed by atoms with E-state index in [2.05, 4.69) is 42.5 Å². The first-order chi connectivity index (χ1) is 8.24. The number of benzene rings is 1. The highest BCUT2D eigenvalue weighted by Crippen LogP contribution is 2.36. The summed E-state index contributed by atoms with van der Waals surface area (Å²) in [7, 11) is 2.23. The molecule has 1 nitrogen and oxygen atoms in total. The normalized spacial score (nSPS) is 18.9. The fraction of sp³-hybridized carbons (Fsp3) is 0.467. The van der Waals surface area contributed by atoms with Crippen molar-refractivity contribution >= 4 is 21.4 Å². The number of fused-ring (bicyclic) bond motifs is 1. The molecule has 1 aromatic heterocycles. The van der Waals surface area contributed by atoms with Gasteiger partial charge in [-0.3, -0.25) is 0 Å². The molecule has 3 rings (SSSR count). The Hall–Kier alpha value is -0.860. The van der Waals surface area contributed by atoms with E-state index < -0.39 is 0 Å². The topological polar surface area (TPSA) is 3.24 Å². The van der Waals surface area contributed by atoms with Gasteiger partial charge in [0.1, 0.15) is 0 Å². The maximum absolute atomic E-state index is 2.44. The van der Waals surface area contributed by atoms with Crippen LogP contribution in [0.5, 0.6) is 0 Å². The number of aryl methyl sites for hydroxylation is 1. The van der Waals surface area contributed by atoms with Crippen LogP contribution in [-0.4, -0.2) is 25.0 Å². The Morgan fingerprint density at radius 1 is 1.24 bits per heavy atom. The van der Waals surface area contributed by atoms with Crippen LogP contribution in [0.15, 0.2) is 23.6 Å². The summed E-state index contributed by atoms with van der Waals surface area (Å²) in [5.41, 5.74) is 2.98. The summed E-state index contributed by atoms with van der Waals surface area (Å²) in [4.78, 5) is 2.44. The van der Waals surface area contributed by atoms with E-state index in [1.54, 1.807) is 5.56 Å². The Morgan fingerprint density at radius 3 is 2.76 bits per heavy atom. The third-order valence-electron chi connectivity index (χ3n) is 3.92. The Morgan fingerprint density at radius 2 is 2.00 bits per heavy atom. The first kappa shape index (κ1) is 11.2. The van der Waals surface area contributed by atoms with Crippen molar-refractivity contribution in [1.82, 2.24) is 4.90 Å². The molecule has 2 aromatic rings. The van der Waals surface area contributed by atoms with Crippen LogP contribution in [-0.2, 0) is 0 Å². The largest absolute Gasteiger partial charge is 0.306 e. The third-order valence-corrected chi connectivity index (χ3v) is 4.90. The maximum Gasteiger partial charge on any atom is 0.0345 e. The van der Waals surface area contributed by atoms with Gasteiger partial charge < -0.3 is 4.90 Å². The lowest BCUT2D eigenvalue weighted by Gasteiger charge is -2.28. The molecule has 17 heavy (non-hydrogen) atoms. The van der Waals surface area contributed by atoms with Crippen LogP contribution in [0, 0.1) is 6.92 Å². The summed E-state index contributed by atoms with van der Waals surface area (Å²) >= 11 is 1.90. The molecule has 90 valence electrons. The highest BCUT2D eigenvalue weighted by Gasteiger charge is 2.20. The van der Waals surface area contributed by atoms with Crippen LogP contribution in [0.2, 0.25) is 0 Å². The van der Waals surface area contributed by atoms with Gasteiger partial charge in [0.2, 0.25) is 0 Å². The average Bonchev–Trinajstić information content (AvgIpc) is 2.73. The van der Waals surface area contributed by atoms with Gasteiger partial charge in [0.05, 0.1) is 0 Å². The molecule has 0 radical (unpaired) electrons. The van der Waals surface area contributed by atoms with E-state index in [0.717, 1.165) is 5.92 Å². The zero-order chi connectivity index (χ0) is 11.8. The molecule has 2 heteroatoms. The number of hydrogen-bond acceptors (Lipinski definition) is 2. The van der Waals surface area contributed by atoms with Crippen LogP contribution < -0.4 is 0 Å². The summed E-state index contributed by atoms with van der Waals surface area (Å²) in [6.07, 6.45) is 2.63. The predicted octanol–water partition coefficient (Wildman–Crippen LogP) is 4.02. The average molecular weight is 245 g/mol. The Balaban J connectivity index is 1.97. The van der Waals surface area contributed by atoms with Gasteiger partial charge in [-0.05, 0) is 68.2 Å². The van der Waals surface area contributed by atoms with Crippen LogP contribution in [0.3, 0.4) is 0 Å². The maximum atomic E-state index is 2.44. The molecule has 1 aliphatic rings. The van der Waals surface area contributed by atoms with Gasteiger partial charge in [-0.25, -0.2) is 0 Å². The smallest absolute Gasteiger partial charge is 0.0345 e. The standard InChI is InChI=1S/C15H19NS/c1-11-3-4-15-13(9-11)14(10-17-15)12-5-7-16(2)8-6-12/h3-4,9-10,12H,5-8H2,1-2H3. The quantitative estimate of drug-likeness (QED) is 0.733. The van der Waals surface area contributed by atoms with Gasteiger partial charge in [-0.1, -0.05) is 17.7 Å². The molecule has 1 saturated heterocycles. The van der Waals surface area contributed by atoms with Crippen LogP contribution in [0.1, 0.15) is 29.9 Å². The number of hydrogen-bond donors (Lipinski definition) is 0. The van der Waals surface area contributed by atoms with E-state index >= 15 is 0 Å². The second-order valence-corrected chi connectivity index (χ2v) is 6.18. The van der Waals surface area contributed by atoms with Gasteiger partial charge in [0.25, 0.3) is 0 Å². The van der Waals surface area contributed by atoms with Crippen LogP contribution in [0.25, 0.3) is 10.1 Å². The number of piperidine rings is 1. The van der Waals surface area contributed by atoms with Gasteiger partial charge >= 0.3 is 0 Å². The first-order valence-electron chi connectivity index (χ1n) is 6.40. The summed E-state index contributed by atoms with van der Waals surface area (Å²) in [6.45, 7) is 4.68. The van der Waals surface area contributed by atoms with Crippen molar-refractivity contribution in [3.05, 3.63) is 34.7 Å². The summed E-state index contributed by atoms with van der Waals surface area (Å²) in [5, 5.41) is 3.89. The van der Waals surface area contributed by atoms with Crippen molar-refractivity contribution in [3.63, 3.8) is 0 Å². The SMILES string of the molecule is Cc1ccc2scc(C3CCN(C)CC3)c2c1. The Labute approximate surface area is 107 Å². The Kier molecular flexibility index (Phi) is 2.93. The molecule has 0 bridgehead atoms. The van der Waals surface area contributed by atoms with E-state index in [-0.39, 0.29) is 0 Å². The minimum absolute atomic E-state index is 0.779. The lowest BCUT2D eigenvalue weighted by Crippen LogP contribution is -2.29. The van der Waals surface area contributed by atoms with Gasteiger partial charge in [-0.15, -0.1) is 11.3 Å². The van der Waals surface area contributed by atoms with E-state index in [0.29, 0.717) is 0 Å². The molecule has 0 aliphatic carbocycles. The van der Waals surface area contributed by atoms with Crippen LogP contribution in [0.4, 0.5) is 0 Å². The minimum Gasteiger partial charge on any atom is -0.306 e. The predicted molar refractivity (Wildman–Crippen MR) is 76.0 cm³/mol. The van der Waals surface area contributed by atoms with Gasteiger partial charge in [0.15, 0.2) is 0 Å². The monoisotopic (exact) mass is 245 g/mol. The lowest BCUT2D eigenvalue weighted by atomic mass is 9.89.